The summed E-state index contributed by atoms with van der Waals surface area (Å²) in [7, 11) is 0. The van der Waals surface area contributed by atoms with E-state index in [0.717, 1.165) is 6.08 Å². The van der Waals surface area contributed by atoms with Crippen LogP contribution in [0, 0.1) is 11.3 Å². The molecule has 88 valence electrons. The van der Waals surface area contributed by atoms with Gasteiger partial charge in [0.05, 0.1) is 23.9 Å². The lowest BCUT2D eigenvalue weighted by atomic mass is 10.0. The maximum Gasteiger partial charge on any atom is 0.134 e. The lowest BCUT2D eigenvalue weighted by molar-refractivity contribution is -0.297. The minimum atomic E-state index is -1.32. The normalized spacial score (nSPS) is 10.9. The first-order chi connectivity index (χ1) is 8.70. The Morgan fingerprint density at radius 1 is 1.33 bits per heavy atom. The van der Waals surface area contributed by atoms with E-state index >= 15 is 0 Å². The monoisotopic (exact) mass is 238 g/mol. The molecule has 0 amide bonds. The zero-order valence-corrected chi connectivity index (χ0v) is 9.29. The number of furan rings is 1. The van der Waals surface area contributed by atoms with Crippen LogP contribution in [0.3, 0.4) is 0 Å². The number of carbonyl (C=O) groups excluding carboxylic acids is 1. The molecule has 2 aromatic rings. The van der Waals surface area contributed by atoms with Gasteiger partial charge in [0.15, 0.2) is 0 Å². The predicted molar refractivity (Wildman–Crippen MR) is 62.0 cm³/mol. The van der Waals surface area contributed by atoms with E-state index in [0.29, 0.717) is 22.5 Å². The Morgan fingerprint density at radius 2 is 2.17 bits per heavy atom. The lowest BCUT2D eigenvalue weighted by Crippen LogP contribution is -2.19. The second kappa shape index (κ2) is 5.02. The molecule has 0 bridgehead atoms. The number of hydrogen-bond acceptors (Lipinski definition) is 4. The molecular formula is C14H8NO3-. The molecule has 4 nitrogen and oxygen atoms in total. The Kier molecular flexibility index (Phi) is 3.26. The quantitative estimate of drug-likeness (QED) is 0.756. The van der Waals surface area contributed by atoms with Gasteiger partial charge in [-0.2, -0.15) is 5.26 Å². The molecule has 0 unspecified atom stereocenters. The standard InChI is InChI=1S/C14H9NO3/c15-9-10-3-1-4-11(7-10)12(8-14(16)17)13-5-2-6-18-13/h1-8H,(H,16,17)/p-1/b12-8-. The van der Waals surface area contributed by atoms with Gasteiger partial charge in [0.1, 0.15) is 5.76 Å². The van der Waals surface area contributed by atoms with Gasteiger partial charge in [0.25, 0.3) is 0 Å². The van der Waals surface area contributed by atoms with Gasteiger partial charge in [-0.25, -0.2) is 0 Å². The molecular weight excluding hydrogens is 230 g/mol. The smallest absolute Gasteiger partial charge is 0.134 e. The Hall–Kier alpha value is -2.80. The fraction of sp³-hybridized carbons (Fsp3) is 0. The number of nitriles is 1. The summed E-state index contributed by atoms with van der Waals surface area (Å²) in [4.78, 5) is 10.7. The Balaban J connectivity index is 2.54. The van der Waals surface area contributed by atoms with Gasteiger partial charge in [-0.15, -0.1) is 0 Å². The van der Waals surface area contributed by atoms with Crippen molar-refractivity contribution in [1.29, 1.82) is 5.26 Å². The van der Waals surface area contributed by atoms with Crippen molar-refractivity contribution in [2.45, 2.75) is 0 Å². The van der Waals surface area contributed by atoms with Crippen LogP contribution in [0.25, 0.3) is 5.57 Å². The summed E-state index contributed by atoms with van der Waals surface area (Å²) < 4.78 is 5.18. The summed E-state index contributed by atoms with van der Waals surface area (Å²) in [5.41, 5.74) is 1.41. The van der Waals surface area contributed by atoms with E-state index in [1.54, 1.807) is 36.4 Å². The first kappa shape index (κ1) is 11.7. The average molecular weight is 238 g/mol. The van der Waals surface area contributed by atoms with E-state index in [9.17, 15) is 9.90 Å². The van der Waals surface area contributed by atoms with E-state index < -0.39 is 5.97 Å². The number of rotatable bonds is 3. The van der Waals surface area contributed by atoms with Crippen LogP contribution in [0.5, 0.6) is 0 Å². The van der Waals surface area contributed by atoms with Gasteiger partial charge >= 0.3 is 0 Å². The SMILES string of the molecule is N#Cc1cccc(/C(=C/C(=O)[O-])c2ccco2)c1. The van der Waals surface area contributed by atoms with Gasteiger partial charge < -0.3 is 14.3 Å². The third-order valence-corrected chi connectivity index (χ3v) is 2.35. The van der Waals surface area contributed by atoms with Crippen LogP contribution < -0.4 is 5.11 Å². The molecule has 0 N–H and O–H groups in total. The molecule has 0 aliphatic carbocycles. The molecule has 0 radical (unpaired) electrons. The van der Waals surface area contributed by atoms with Gasteiger partial charge in [-0.1, -0.05) is 12.1 Å². The highest BCUT2D eigenvalue weighted by atomic mass is 16.4. The van der Waals surface area contributed by atoms with Crippen LogP contribution in [0.2, 0.25) is 0 Å². The summed E-state index contributed by atoms with van der Waals surface area (Å²) in [5, 5.41) is 19.6. The minimum Gasteiger partial charge on any atom is -0.545 e. The van der Waals surface area contributed by atoms with Crippen molar-refractivity contribution in [2.24, 2.45) is 0 Å². The molecule has 0 saturated carbocycles. The Labute approximate surface area is 103 Å². The van der Waals surface area contributed by atoms with Gasteiger partial charge in [0, 0.05) is 5.57 Å². The molecule has 0 aliphatic rings. The largest absolute Gasteiger partial charge is 0.545 e. The summed E-state index contributed by atoms with van der Waals surface area (Å²) in [5.74, 6) is -0.905. The topological polar surface area (TPSA) is 77.1 Å². The molecule has 0 atom stereocenters. The first-order valence-corrected chi connectivity index (χ1v) is 5.18. The molecule has 4 heteroatoms. The fourth-order valence-corrected chi connectivity index (χ4v) is 1.60. The van der Waals surface area contributed by atoms with Crippen molar-refractivity contribution in [2.75, 3.05) is 0 Å². The summed E-state index contributed by atoms with van der Waals surface area (Å²) >= 11 is 0. The van der Waals surface area contributed by atoms with Crippen LogP contribution in [0.15, 0.2) is 53.2 Å². The number of aliphatic carboxylic acids is 1. The van der Waals surface area contributed by atoms with Gasteiger partial charge in [-0.3, -0.25) is 0 Å². The van der Waals surface area contributed by atoms with E-state index in [-0.39, 0.29) is 0 Å². The number of carboxylic acid groups (broad SMARTS) is 1. The zero-order valence-electron chi connectivity index (χ0n) is 9.29. The van der Waals surface area contributed by atoms with Crippen LogP contribution in [-0.2, 0) is 4.79 Å². The predicted octanol–water partition coefficient (Wildman–Crippen LogP) is 1.33. The van der Waals surface area contributed by atoms with Gasteiger partial charge in [-0.05, 0) is 35.9 Å². The molecule has 0 spiro atoms. The minimum absolute atomic E-state index is 0.372. The lowest BCUT2D eigenvalue weighted by Gasteiger charge is -2.06. The maximum atomic E-state index is 10.7. The maximum absolute atomic E-state index is 10.7. The summed E-state index contributed by atoms with van der Waals surface area (Å²) in [6, 6.07) is 11.9. The van der Waals surface area contributed by atoms with Crippen LogP contribution in [0.1, 0.15) is 16.9 Å². The van der Waals surface area contributed by atoms with Crippen molar-refractivity contribution < 1.29 is 14.3 Å². The number of hydrogen-bond donors (Lipinski definition) is 0. The van der Waals surface area contributed by atoms with Crippen molar-refractivity contribution in [3.05, 3.63) is 65.6 Å². The number of carboxylic acids is 1. The number of benzene rings is 1. The van der Waals surface area contributed by atoms with Crippen LogP contribution in [0.4, 0.5) is 0 Å². The van der Waals surface area contributed by atoms with Crippen molar-refractivity contribution in [3.63, 3.8) is 0 Å². The molecule has 1 aromatic heterocycles. The van der Waals surface area contributed by atoms with E-state index in [2.05, 4.69) is 0 Å². The Bertz CT molecular complexity index is 633. The van der Waals surface area contributed by atoms with Crippen molar-refractivity contribution in [1.82, 2.24) is 0 Å². The summed E-state index contributed by atoms with van der Waals surface area (Å²) in [6.45, 7) is 0. The molecule has 18 heavy (non-hydrogen) atoms. The van der Waals surface area contributed by atoms with Crippen LogP contribution in [-0.4, -0.2) is 5.97 Å². The highest BCUT2D eigenvalue weighted by Gasteiger charge is 2.08. The highest BCUT2D eigenvalue weighted by Crippen LogP contribution is 2.24. The van der Waals surface area contributed by atoms with Crippen LogP contribution >= 0.6 is 0 Å². The van der Waals surface area contributed by atoms with E-state index in [4.69, 9.17) is 9.68 Å². The number of carbonyl (C=O) groups is 1. The molecule has 1 aromatic carbocycles. The molecule has 1 heterocycles. The highest BCUT2D eigenvalue weighted by molar-refractivity contribution is 5.93. The van der Waals surface area contributed by atoms with Crippen molar-refractivity contribution in [3.8, 4) is 6.07 Å². The molecule has 2 rings (SSSR count). The average Bonchev–Trinajstić information content (AvgIpc) is 2.89. The van der Waals surface area contributed by atoms with E-state index in [1.807, 2.05) is 6.07 Å². The van der Waals surface area contributed by atoms with Gasteiger partial charge in [0.2, 0.25) is 0 Å². The second-order valence-electron chi connectivity index (χ2n) is 3.55. The zero-order chi connectivity index (χ0) is 13.0. The molecule has 0 fully saturated rings. The Morgan fingerprint density at radius 3 is 2.78 bits per heavy atom. The van der Waals surface area contributed by atoms with E-state index in [1.165, 1.54) is 6.26 Å². The van der Waals surface area contributed by atoms with Crippen molar-refractivity contribution >= 4 is 11.5 Å². The fourth-order valence-electron chi connectivity index (χ4n) is 1.60. The summed E-state index contributed by atoms with van der Waals surface area (Å²) in [6.07, 6.45) is 2.40. The third-order valence-electron chi connectivity index (χ3n) is 2.35. The first-order valence-electron chi connectivity index (χ1n) is 5.18. The molecule has 0 saturated heterocycles. The molecule has 0 aliphatic heterocycles. The third kappa shape index (κ3) is 2.47. The number of nitrogens with zero attached hydrogens (tertiary/aromatic N) is 1. The second-order valence-corrected chi connectivity index (χ2v) is 3.55.